The molecule has 0 aliphatic carbocycles. The number of rotatable bonds is 6. The maximum Gasteiger partial charge on any atom is 0.242 e. The minimum absolute atomic E-state index is 0.00511. The van der Waals surface area contributed by atoms with Crippen LogP contribution in [0.2, 0.25) is 0 Å². The Hall–Kier alpha value is -0.500. The van der Waals surface area contributed by atoms with Crippen LogP contribution >= 0.6 is 15.9 Å². The molecular weight excluding hydrogens is 320 g/mol. The third-order valence-electron chi connectivity index (χ3n) is 2.90. The van der Waals surface area contributed by atoms with Crippen molar-refractivity contribution in [3.8, 4) is 0 Å². The summed E-state index contributed by atoms with van der Waals surface area (Å²) in [5.41, 5.74) is -1.01. The predicted octanol–water partition coefficient (Wildman–Crippen LogP) is 1.67. The van der Waals surface area contributed by atoms with Crippen molar-refractivity contribution in [3.05, 3.63) is 22.9 Å². The summed E-state index contributed by atoms with van der Waals surface area (Å²) in [5, 5.41) is 10.0. The van der Waals surface area contributed by atoms with Gasteiger partial charge in [0.15, 0.2) is 0 Å². The van der Waals surface area contributed by atoms with Crippen LogP contribution in [0.1, 0.15) is 26.7 Å². The van der Waals surface area contributed by atoms with Gasteiger partial charge in [-0.3, -0.25) is 4.98 Å². The summed E-state index contributed by atoms with van der Waals surface area (Å²) in [6, 6.07) is 1.46. The lowest BCUT2D eigenvalue weighted by atomic mass is 9.98. The van der Waals surface area contributed by atoms with Gasteiger partial charge in [0.1, 0.15) is 4.90 Å². The molecule has 0 saturated heterocycles. The molecule has 0 saturated carbocycles. The maximum atomic E-state index is 12.0. The van der Waals surface area contributed by atoms with E-state index in [1.165, 1.54) is 18.5 Å². The second-order valence-corrected chi connectivity index (χ2v) is 6.78. The Balaban J connectivity index is 2.84. The van der Waals surface area contributed by atoms with Gasteiger partial charge in [-0.2, -0.15) is 0 Å². The molecule has 0 unspecified atom stereocenters. The number of nitrogens with one attached hydrogen (secondary N) is 1. The van der Waals surface area contributed by atoms with Crippen LogP contribution in [0, 0.1) is 0 Å². The van der Waals surface area contributed by atoms with E-state index in [1.54, 1.807) is 0 Å². The van der Waals surface area contributed by atoms with Crippen LogP contribution in [-0.4, -0.2) is 30.7 Å². The van der Waals surface area contributed by atoms with Crippen LogP contribution < -0.4 is 4.72 Å². The number of sulfonamides is 1. The maximum absolute atomic E-state index is 12.0. The van der Waals surface area contributed by atoms with Gasteiger partial charge >= 0.3 is 0 Å². The van der Waals surface area contributed by atoms with Crippen molar-refractivity contribution < 1.29 is 13.5 Å². The van der Waals surface area contributed by atoms with Crippen LogP contribution in [0.15, 0.2) is 27.8 Å². The second kappa shape index (κ2) is 6.10. The topological polar surface area (TPSA) is 79.3 Å². The van der Waals surface area contributed by atoms with Gasteiger partial charge in [0.2, 0.25) is 10.0 Å². The zero-order chi connectivity index (χ0) is 13.8. The van der Waals surface area contributed by atoms with Crippen LogP contribution in [0.4, 0.5) is 0 Å². The molecule has 0 bridgehead atoms. The quantitative estimate of drug-likeness (QED) is 0.828. The van der Waals surface area contributed by atoms with Gasteiger partial charge in [-0.1, -0.05) is 13.8 Å². The van der Waals surface area contributed by atoms with Gasteiger partial charge in [-0.25, -0.2) is 13.1 Å². The van der Waals surface area contributed by atoms with Crippen LogP contribution in [-0.2, 0) is 10.0 Å². The van der Waals surface area contributed by atoms with Gasteiger partial charge in [0.25, 0.3) is 0 Å². The molecule has 0 aliphatic rings. The van der Waals surface area contributed by atoms with Crippen molar-refractivity contribution in [1.29, 1.82) is 0 Å². The number of halogens is 1. The van der Waals surface area contributed by atoms with Crippen LogP contribution in [0.25, 0.3) is 0 Å². The van der Waals surface area contributed by atoms with E-state index in [0.717, 1.165) is 0 Å². The molecule has 5 nitrogen and oxygen atoms in total. The Bertz CT molecular complexity index is 501. The average Bonchev–Trinajstić information content (AvgIpc) is 2.36. The minimum Gasteiger partial charge on any atom is -0.389 e. The molecule has 1 aromatic rings. The average molecular weight is 337 g/mol. The normalized spacial score (nSPS) is 12.7. The summed E-state index contributed by atoms with van der Waals surface area (Å²) in [7, 11) is -3.64. The van der Waals surface area contributed by atoms with Gasteiger partial charge in [-0.15, -0.1) is 0 Å². The molecule has 0 amide bonds. The Kier molecular flexibility index (Phi) is 5.27. The van der Waals surface area contributed by atoms with E-state index in [9.17, 15) is 13.5 Å². The molecule has 0 radical (unpaired) electrons. The molecule has 1 rings (SSSR count). The third-order valence-corrected chi connectivity index (χ3v) is 4.70. The summed E-state index contributed by atoms with van der Waals surface area (Å²) in [4.78, 5) is 3.88. The fraction of sp³-hybridized carbons (Fsp3) is 0.545. The van der Waals surface area contributed by atoms with Crippen molar-refractivity contribution in [2.45, 2.75) is 37.2 Å². The first kappa shape index (κ1) is 15.6. The molecule has 102 valence electrons. The molecule has 0 atom stereocenters. The summed E-state index contributed by atoms with van der Waals surface area (Å²) >= 11 is 3.17. The van der Waals surface area contributed by atoms with Gasteiger partial charge in [0.05, 0.1) is 5.60 Å². The Morgan fingerprint density at radius 3 is 2.50 bits per heavy atom. The number of nitrogens with zero attached hydrogens (tertiary/aromatic N) is 1. The van der Waals surface area contributed by atoms with E-state index >= 15 is 0 Å². The zero-order valence-electron chi connectivity index (χ0n) is 10.4. The summed E-state index contributed by atoms with van der Waals surface area (Å²) in [6.45, 7) is 3.63. The molecule has 0 aromatic carbocycles. The lowest BCUT2D eigenvalue weighted by molar-refractivity contribution is 0.0377. The number of hydrogen-bond acceptors (Lipinski definition) is 4. The Morgan fingerprint density at radius 1 is 1.39 bits per heavy atom. The zero-order valence-corrected chi connectivity index (χ0v) is 12.8. The summed E-state index contributed by atoms with van der Waals surface area (Å²) in [5.74, 6) is 0. The molecule has 0 aliphatic heterocycles. The van der Waals surface area contributed by atoms with E-state index in [4.69, 9.17) is 0 Å². The molecule has 0 spiro atoms. The number of aliphatic hydroxyl groups is 1. The fourth-order valence-electron chi connectivity index (χ4n) is 1.35. The van der Waals surface area contributed by atoms with E-state index in [0.29, 0.717) is 17.3 Å². The highest BCUT2D eigenvalue weighted by atomic mass is 79.9. The van der Waals surface area contributed by atoms with Crippen molar-refractivity contribution in [3.63, 3.8) is 0 Å². The van der Waals surface area contributed by atoms with Crippen molar-refractivity contribution in [2.24, 2.45) is 0 Å². The second-order valence-electron chi connectivity index (χ2n) is 4.09. The summed E-state index contributed by atoms with van der Waals surface area (Å²) in [6.07, 6.45) is 3.75. The lowest BCUT2D eigenvalue weighted by Gasteiger charge is -2.25. The van der Waals surface area contributed by atoms with E-state index in [2.05, 4.69) is 25.6 Å². The number of pyridine rings is 1. The SMILES string of the molecule is CCC(O)(CC)CNS(=O)(=O)c1cncc(Br)c1. The monoisotopic (exact) mass is 336 g/mol. The van der Waals surface area contributed by atoms with E-state index in [1.807, 2.05) is 13.8 Å². The number of hydrogen-bond donors (Lipinski definition) is 2. The van der Waals surface area contributed by atoms with Crippen molar-refractivity contribution in [2.75, 3.05) is 6.54 Å². The smallest absolute Gasteiger partial charge is 0.242 e. The molecule has 0 fully saturated rings. The molecule has 2 N–H and O–H groups in total. The first-order valence-corrected chi connectivity index (χ1v) is 7.93. The van der Waals surface area contributed by atoms with E-state index in [-0.39, 0.29) is 11.4 Å². The highest BCUT2D eigenvalue weighted by Crippen LogP contribution is 2.17. The Labute approximate surface area is 116 Å². The molecule has 1 heterocycles. The lowest BCUT2D eigenvalue weighted by Crippen LogP contribution is -2.41. The predicted molar refractivity (Wildman–Crippen MR) is 72.7 cm³/mol. The highest BCUT2D eigenvalue weighted by molar-refractivity contribution is 9.10. The van der Waals surface area contributed by atoms with Crippen LogP contribution in [0.5, 0.6) is 0 Å². The van der Waals surface area contributed by atoms with Gasteiger partial charge < -0.3 is 5.11 Å². The van der Waals surface area contributed by atoms with Gasteiger partial charge in [-0.05, 0) is 34.8 Å². The van der Waals surface area contributed by atoms with E-state index < -0.39 is 15.6 Å². The first-order valence-electron chi connectivity index (χ1n) is 5.65. The largest absolute Gasteiger partial charge is 0.389 e. The highest BCUT2D eigenvalue weighted by Gasteiger charge is 2.25. The number of aromatic nitrogens is 1. The molecule has 7 heteroatoms. The fourth-order valence-corrected chi connectivity index (χ4v) is 2.98. The third kappa shape index (κ3) is 4.01. The van der Waals surface area contributed by atoms with Gasteiger partial charge in [0, 0.05) is 23.4 Å². The molecule has 1 aromatic heterocycles. The molecular formula is C11H17BrN2O3S. The first-order chi connectivity index (χ1) is 8.33. The van der Waals surface area contributed by atoms with Crippen molar-refractivity contribution >= 4 is 26.0 Å². The standard InChI is InChI=1S/C11H17BrN2O3S/c1-3-11(15,4-2)8-14-18(16,17)10-5-9(12)6-13-7-10/h5-7,14-15H,3-4,8H2,1-2H3. The van der Waals surface area contributed by atoms with Crippen LogP contribution in [0.3, 0.4) is 0 Å². The van der Waals surface area contributed by atoms with Crippen molar-refractivity contribution in [1.82, 2.24) is 9.71 Å². The summed E-state index contributed by atoms with van der Waals surface area (Å²) < 4.78 is 27.0. The molecule has 18 heavy (non-hydrogen) atoms. The minimum atomic E-state index is -3.64. The Morgan fingerprint density at radius 2 is 2.00 bits per heavy atom.